The number of hydrogen-bond acceptors (Lipinski definition) is 2. The molecule has 0 saturated heterocycles. The average molecular weight is 178 g/mol. The van der Waals surface area contributed by atoms with Gasteiger partial charge in [0.05, 0.1) is 0 Å². The van der Waals surface area contributed by atoms with Crippen molar-refractivity contribution < 1.29 is 14.5 Å². The quantitative estimate of drug-likeness (QED) is 0.347. The lowest BCUT2D eigenvalue weighted by Gasteiger charge is -2.08. The number of carbonyl (C=O) groups is 1. The van der Waals surface area contributed by atoms with E-state index < -0.39 is 5.91 Å². The van der Waals surface area contributed by atoms with Crippen molar-refractivity contribution in [2.45, 2.75) is 0 Å². The maximum atomic E-state index is 11.2. The van der Waals surface area contributed by atoms with E-state index >= 15 is 0 Å². The molecule has 0 spiro atoms. The Kier molecular flexibility index (Phi) is 2.64. The van der Waals surface area contributed by atoms with Crippen LogP contribution in [0, 0.1) is 0 Å². The molecular weight excluding hydrogens is 168 g/mol. The number of rotatable bonds is 2. The first-order chi connectivity index (χ1) is 6.09. The van der Waals surface area contributed by atoms with Gasteiger partial charge in [0.1, 0.15) is 7.05 Å². The number of amides is 1. The smallest absolute Gasteiger partial charge is 0.240 e. The molecule has 1 amide bonds. The van der Waals surface area contributed by atoms with Gasteiger partial charge < -0.3 is 10.8 Å². The lowest BCUT2D eigenvalue weighted by Crippen LogP contribution is -2.27. The van der Waals surface area contributed by atoms with Gasteiger partial charge in [-0.3, -0.25) is 4.79 Å². The Labute approximate surface area is 75.9 Å². The van der Waals surface area contributed by atoms with Gasteiger partial charge in [-0.2, -0.15) is 0 Å². The first-order valence-corrected chi connectivity index (χ1v) is 3.73. The SMILES string of the molecule is C[n+]1cccc(/C([O-])=C/C(N)=O)c1. The van der Waals surface area contributed by atoms with Crippen LogP contribution in [0.3, 0.4) is 0 Å². The van der Waals surface area contributed by atoms with Crippen molar-refractivity contribution in [1.82, 2.24) is 0 Å². The fourth-order valence-corrected chi connectivity index (χ4v) is 0.946. The van der Waals surface area contributed by atoms with Gasteiger partial charge in [0.15, 0.2) is 12.4 Å². The summed E-state index contributed by atoms with van der Waals surface area (Å²) in [5.74, 6) is -1.10. The van der Waals surface area contributed by atoms with Crippen molar-refractivity contribution in [1.29, 1.82) is 0 Å². The molecular formula is C9H10N2O2. The molecule has 1 rings (SSSR count). The largest absolute Gasteiger partial charge is 0.872 e. The molecule has 1 heterocycles. The summed E-state index contributed by atoms with van der Waals surface area (Å²) in [6.07, 6.45) is 4.29. The van der Waals surface area contributed by atoms with Crippen LogP contribution in [0.2, 0.25) is 0 Å². The van der Waals surface area contributed by atoms with Crippen molar-refractivity contribution >= 4 is 11.7 Å². The summed E-state index contributed by atoms with van der Waals surface area (Å²) in [5, 5.41) is 11.2. The fraction of sp³-hybridized carbons (Fsp3) is 0.111. The molecule has 0 aliphatic carbocycles. The van der Waals surface area contributed by atoms with Gasteiger partial charge in [0.25, 0.3) is 0 Å². The summed E-state index contributed by atoms with van der Waals surface area (Å²) in [6.45, 7) is 0. The molecule has 0 saturated carbocycles. The van der Waals surface area contributed by atoms with Crippen LogP contribution in [0.5, 0.6) is 0 Å². The molecule has 0 aliphatic heterocycles. The van der Waals surface area contributed by atoms with Crippen LogP contribution in [0.1, 0.15) is 5.56 Å². The van der Waals surface area contributed by atoms with E-state index in [2.05, 4.69) is 0 Å². The molecule has 0 aliphatic rings. The third-order valence-corrected chi connectivity index (χ3v) is 1.50. The van der Waals surface area contributed by atoms with Crippen LogP contribution in [-0.4, -0.2) is 5.91 Å². The zero-order valence-electron chi connectivity index (χ0n) is 7.23. The normalized spacial score (nSPS) is 11.3. The summed E-state index contributed by atoms with van der Waals surface area (Å²) in [5.41, 5.74) is 5.29. The molecule has 4 nitrogen and oxygen atoms in total. The van der Waals surface area contributed by atoms with Crippen molar-refractivity contribution in [3.63, 3.8) is 0 Å². The predicted octanol–water partition coefficient (Wildman–Crippen LogP) is -1.30. The Morgan fingerprint density at radius 1 is 1.69 bits per heavy atom. The third kappa shape index (κ3) is 2.59. The molecule has 0 atom stereocenters. The maximum Gasteiger partial charge on any atom is 0.240 e. The van der Waals surface area contributed by atoms with Gasteiger partial charge in [0, 0.05) is 11.6 Å². The van der Waals surface area contributed by atoms with E-state index in [4.69, 9.17) is 5.73 Å². The van der Waals surface area contributed by atoms with Crippen LogP contribution in [0.15, 0.2) is 30.6 Å². The van der Waals surface area contributed by atoms with E-state index in [1.54, 1.807) is 36.1 Å². The van der Waals surface area contributed by atoms with Gasteiger partial charge in [-0.1, -0.05) is 5.76 Å². The highest BCUT2D eigenvalue weighted by Gasteiger charge is 1.96. The number of pyridine rings is 1. The Morgan fingerprint density at radius 2 is 2.38 bits per heavy atom. The van der Waals surface area contributed by atoms with E-state index in [1.165, 1.54) is 0 Å². The second-order valence-electron chi connectivity index (χ2n) is 2.67. The minimum Gasteiger partial charge on any atom is -0.872 e. The van der Waals surface area contributed by atoms with Crippen molar-refractivity contribution in [2.24, 2.45) is 12.8 Å². The summed E-state index contributed by atoms with van der Waals surface area (Å²) >= 11 is 0. The summed E-state index contributed by atoms with van der Waals surface area (Å²) in [7, 11) is 1.79. The predicted molar refractivity (Wildman–Crippen MR) is 44.8 cm³/mol. The summed E-state index contributed by atoms with van der Waals surface area (Å²) in [4.78, 5) is 10.4. The average Bonchev–Trinajstić information content (AvgIpc) is 2.03. The Morgan fingerprint density at radius 3 is 2.92 bits per heavy atom. The number of aromatic nitrogens is 1. The molecule has 68 valence electrons. The van der Waals surface area contributed by atoms with Crippen LogP contribution < -0.4 is 15.4 Å². The monoisotopic (exact) mass is 178 g/mol. The number of hydrogen-bond donors (Lipinski definition) is 1. The number of nitrogens with two attached hydrogens (primary N) is 1. The first-order valence-electron chi connectivity index (χ1n) is 3.73. The highest BCUT2D eigenvalue weighted by molar-refractivity contribution is 5.91. The standard InChI is InChI=1S/C9H10N2O2/c1-11-4-2-3-7(6-11)8(12)5-9(10)13/h2-6H,1H3,(H2-,10,12,13). The molecule has 0 fully saturated rings. The van der Waals surface area contributed by atoms with E-state index in [0.717, 1.165) is 6.08 Å². The molecule has 0 unspecified atom stereocenters. The number of primary amides is 1. The zero-order valence-corrected chi connectivity index (χ0v) is 7.23. The second kappa shape index (κ2) is 3.71. The molecule has 0 aromatic carbocycles. The van der Waals surface area contributed by atoms with E-state index in [1.807, 2.05) is 0 Å². The van der Waals surface area contributed by atoms with Crippen molar-refractivity contribution in [3.05, 3.63) is 36.2 Å². The lowest BCUT2D eigenvalue weighted by atomic mass is 10.2. The van der Waals surface area contributed by atoms with Crippen LogP contribution in [0.25, 0.3) is 5.76 Å². The maximum absolute atomic E-state index is 11.2. The lowest BCUT2D eigenvalue weighted by molar-refractivity contribution is -0.671. The summed E-state index contributed by atoms with van der Waals surface area (Å²) < 4.78 is 1.72. The molecule has 13 heavy (non-hydrogen) atoms. The molecule has 0 bridgehead atoms. The Bertz CT molecular complexity index is 358. The van der Waals surface area contributed by atoms with Crippen LogP contribution in [-0.2, 0) is 11.8 Å². The molecule has 4 heteroatoms. The number of nitrogens with zero attached hydrogens (tertiary/aromatic N) is 1. The van der Waals surface area contributed by atoms with Gasteiger partial charge in [0.2, 0.25) is 5.91 Å². The summed E-state index contributed by atoms with van der Waals surface area (Å²) in [6, 6.07) is 3.35. The van der Waals surface area contributed by atoms with Crippen molar-refractivity contribution in [3.8, 4) is 0 Å². The van der Waals surface area contributed by atoms with Gasteiger partial charge in [-0.05, 0) is 12.1 Å². The van der Waals surface area contributed by atoms with E-state index in [9.17, 15) is 9.90 Å². The van der Waals surface area contributed by atoms with Crippen molar-refractivity contribution in [2.75, 3.05) is 0 Å². The van der Waals surface area contributed by atoms with Gasteiger partial charge in [-0.15, -0.1) is 0 Å². The molecule has 2 N–H and O–H groups in total. The molecule has 0 radical (unpaired) electrons. The van der Waals surface area contributed by atoms with Gasteiger partial charge >= 0.3 is 0 Å². The topological polar surface area (TPSA) is 70.0 Å². The number of aryl methyl sites for hydroxylation is 1. The second-order valence-corrected chi connectivity index (χ2v) is 2.67. The Balaban J connectivity index is 3.02. The number of carbonyl (C=O) groups excluding carboxylic acids is 1. The highest BCUT2D eigenvalue weighted by Crippen LogP contribution is 2.03. The Hall–Kier alpha value is -1.84. The van der Waals surface area contributed by atoms with Crippen LogP contribution in [0.4, 0.5) is 0 Å². The molecule has 1 aromatic rings. The van der Waals surface area contributed by atoms with Gasteiger partial charge in [-0.25, -0.2) is 4.57 Å². The molecule has 1 aromatic heterocycles. The van der Waals surface area contributed by atoms with E-state index in [0.29, 0.717) is 5.56 Å². The fourth-order valence-electron chi connectivity index (χ4n) is 0.946. The van der Waals surface area contributed by atoms with Crippen LogP contribution >= 0.6 is 0 Å². The first kappa shape index (κ1) is 9.25. The van der Waals surface area contributed by atoms with E-state index in [-0.39, 0.29) is 5.76 Å². The third-order valence-electron chi connectivity index (χ3n) is 1.50. The highest BCUT2D eigenvalue weighted by atomic mass is 16.3. The zero-order chi connectivity index (χ0) is 9.84. The minimum absolute atomic E-state index is 0.372. The minimum atomic E-state index is -0.725.